The fourth-order valence-electron chi connectivity index (χ4n) is 3.86. The molecule has 0 aliphatic carbocycles. The van der Waals surface area contributed by atoms with Crippen molar-refractivity contribution in [3.05, 3.63) is 71.2 Å². The summed E-state index contributed by atoms with van der Waals surface area (Å²) in [7, 11) is 1.61. The van der Waals surface area contributed by atoms with Gasteiger partial charge in [-0.15, -0.1) is 0 Å². The van der Waals surface area contributed by atoms with E-state index in [2.05, 4.69) is 36.4 Å². The molecule has 0 aliphatic rings. The molecule has 0 aliphatic heterocycles. The van der Waals surface area contributed by atoms with Gasteiger partial charge in [0.15, 0.2) is 0 Å². The average Bonchev–Trinajstić information content (AvgIpc) is 2.90. The molecule has 0 spiro atoms. The van der Waals surface area contributed by atoms with Gasteiger partial charge in [0.05, 0.1) is 54.5 Å². The highest BCUT2D eigenvalue weighted by Gasteiger charge is 2.25. The molecule has 202 valence electrons. The molecule has 3 rings (SSSR count). The number of hydrogen-bond acceptors (Lipinski definition) is 10. The summed E-state index contributed by atoms with van der Waals surface area (Å²) in [5.74, 6) is 5.19. The van der Waals surface area contributed by atoms with Crippen molar-refractivity contribution in [2.75, 3.05) is 19.0 Å². The van der Waals surface area contributed by atoms with E-state index in [1.54, 1.807) is 31.4 Å². The van der Waals surface area contributed by atoms with Gasteiger partial charge in [-0.3, -0.25) is 14.8 Å². The lowest BCUT2D eigenvalue weighted by Crippen LogP contribution is -2.23. The van der Waals surface area contributed by atoms with Crippen molar-refractivity contribution in [1.82, 2.24) is 15.0 Å². The number of pyridine rings is 1. The summed E-state index contributed by atoms with van der Waals surface area (Å²) < 4.78 is 5.21. The highest BCUT2D eigenvalue weighted by molar-refractivity contribution is 6.37. The van der Waals surface area contributed by atoms with E-state index >= 15 is 0 Å². The Bertz CT molecular complexity index is 1410. The first-order valence-corrected chi connectivity index (χ1v) is 12.3. The first-order chi connectivity index (χ1) is 18.6. The van der Waals surface area contributed by atoms with E-state index in [4.69, 9.17) is 10.6 Å². The van der Waals surface area contributed by atoms with E-state index in [1.807, 2.05) is 45.0 Å². The van der Waals surface area contributed by atoms with Gasteiger partial charge in [-0.1, -0.05) is 32.0 Å². The summed E-state index contributed by atoms with van der Waals surface area (Å²) in [6.45, 7) is 6.30. The van der Waals surface area contributed by atoms with E-state index in [1.165, 1.54) is 6.21 Å². The number of ether oxygens (including phenoxy) is 1. The predicted octanol–water partition coefficient (Wildman–Crippen LogP) is 3.54. The monoisotopic (exact) mass is 528 g/mol. The van der Waals surface area contributed by atoms with Gasteiger partial charge < -0.3 is 21.0 Å². The molecule has 0 saturated heterocycles. The molecule has 39 heavy (non-hydrogen) atoms. The fraction of sp³-hybridized carbons (Fsp3) is 0.321. The number of anilines is 1. The second kappa shape index (κ2) is 13.2. The molecule has 0 unspecified atom stereocenters. The van der Waals surface area contributed by atoms with Crippen LogP contribution in [0.1, 0.15) is 49.8 Å². The Morgan fingerprint density at radius 3 is 2.69 bits per heavy atom. The molecule has 0 amide bonds. The van der Waals surface area contributed by atoms with Crippen LogP contribution in [0.5, 0.6) is 0 Å². The van der Waals surface area contributed by atoms with Crippen molar-refractivity contribution in [2.45, 2.75) is 45.2 Å². The number of carboxylic acid groups (broad SMARTS) is 1. The summed E-state index contributed by atoms with van der Waals surface area (Å²) in [6.07, 6.45) is 1.47. The van der Waals surface area contributed by atoms with Crippen LogP contribution in [-0.4, -0.2) is 57.7 Å². The SMILES string of the molecule is COC[C@@H](C)Nc1nc(/C(C=NCc2cccc(C(C)(C)CC(=O)O)n2)=N/N)cc(-c2cccc(C#N)c2)n1. The van der Waals surface area contributed by atoms with Crippen LogP contribution >= 0.6 is 0 Å². The number of hydrogen-bond donors (Lipinski definition) is 3. The minimum absolute atomic E-state index is 0.0383. The number of nitrogens with one attached hydrogen (secondary N) is 1. The molecule has 0 bridgehead atoms. The van der Waals surface area contributed by atoms with Crippen molar-refractivity contribution in [3.8, 4) is 17.3 Å². The first kappa shape index (κ1) is 28.9. The normalized spacial score (nSPS) is 12.7. The molecule has 11 nitrogen and oxygen atoms in total. The lowest BCUT2D eigenvalue weighted by atomic mass is 9.85. The fourth-order valence-corrected chi connectivity index (χ4v) is 3.86. The number of aliphatic carboxylic acids is 1. The van der Waals surface area contributed by atoms with Gasteiger partial charge in [-0.2, -0.15) is 10.4 Å². The number of nitriles is 1. The third-order valence-electron chi connectivity index (χ3n) is 5.77. The Morgan fingerprint density at radius 2 is 2.00 bits per heavy atom. The number of aliphatic imine (C=N–C) groups is 1. The maximum Gasteiger partial charge on any atom is 0.304 e. The summed E-state index contributed by atoms with van der Waals surface area (Å²) in [4.78, 5) is 29.5. The van der Waals surface area contributed by atoms with E-state index in [0.717, 1.165) is 5.56 Å². The largest absolute Gasteiger partial charge is 0.481 e. The molecule has 3 aromatic rings. The van der Waals surface area contributed by atoms with Crippen LogP contribution in [0.3, 0.4) is 0 Å². The van der Waals surface area contributed by atoms with Gasteiger partial charge in [0.1, 0.15) is 5.71 Å². The number of nitrogens with two attached hydrogens (primary N) is 1. The number of nitrogens with zero attached hydrogens (tertiary/aromatic N) is 6. The topological polar surface area (TPSA) is 172 Å². The smallest absolute Gasteiger partial charge is 0.304 e. The molecular weight excluding hydrogens is 496 g/mol. The van der Waals surface area contributed by atoms with E-state index in [-0.39, 0.29) is 19.0 Å². The van der Waals surface area contributed by atoms with Gasteiger partial charge in [0, 0.05) is 29.8 Å². The van der Waals surface area contributed by atoms with E-state index < -0.39 is 11.4 Å². The third-order valence-corrected chi connectivity index (χ3v) is 5.77. The van der Waals surface area contributed by atoms with Crippen molar-refractivity contribution in [2.24, 2.45) is 15.9 Å². The van der Waals surface area contributed by atoms with Crippen LogP contribution in [0.15, 0.2) is 58.6 Å². The minimum atomic E-state index is -0.886. The van der Waals surface area contributed by atoms with Crippen molar-refractivity contribution >= 4 is 23.8 Å². The average molecular weight is 529 g/mol. The summed E-state index contributed by atoms with van der Waals surface area (Å²) in [6, 6.07) is 16.4. The Labute approximate surface area is 227 Å². The highest BCUT2D eigenvalue weighted by atomic mass is 16.5. The minimum Gasteiger partial charge on any atom is -0.481 e. The van der Waals surface area contributed by atoms with Gasteiger partial charge in [0.2, 0.25) is 5.95 Å². The van der Waals surface area contributed by atoms with Crippen molar-refractivity contribution in [1.29, 1.82) is 5.26 Å². The quantitative estimate of drug-likeness (QED) is 0.180. The summed E-state index contributed by atoms with van der Waals surface area (Å²) in [5, 5.41) is 25.6. The number of hydrazone groups is 1. The maximum absolute atomic E-state index is 11.2. The number of carboxylic acids is 1. The van der Waals surface area contributed by atoms with Crippen LogP contribution in [0.25, 0.3) is 11.3 Å². The van der Waals surface area contributed by atoms with Crippen LogP contribution < -0.4 is 11.2 Å². The lowest BCUT2D eigenvalue weighted by Gasteiger charge is -2.22. The molecule has 4 N–H and O–H groups in total. The van der Waals surface area contributed by atoms with E-state index in [0.29, 0.717) is 46.6 Å². The van der Waals surface area contributed by atoms with E-state index in [9.17, 15) is 15.2 Å². The van der Waals surface area contributed by atoms with Gasteiger partial charge in [-0.05, 0) is 37.3 Å². The molecule has 0 saturated carbocycles. The van der Waals surface area contributed by atoms with Gasteiger partial charge in [-0.25, -0.2) is 9.97 Å². The molecule has 0 fully saturated rings. The number of benzene rings is 1. The van der Waals surface area contributed by atoms with Crippen molar-refractivity contribution in [3.63, 3.8) is 0 Å². The van der Waals surface area contributed by atoms with Crippen LogP contribution in [-0.2, 0) is 21.5 Å². The Balaban J connectivity index is 1.90. The Morgan fingerprint density at radius 1 is 1.23 bits per heavy atom. The second-order valence-electron chi connectivity index (χ2n) is 9.61. The Kier molecular flexibility index (Phi) is 9.78. The number of carbonyl (C=O) groups is 1. The predicted molar refractivity (Wildman–Crippen MR) is 150 cm³/mol. The van der Waals surface area contributed by atoms with Crippen LogP contribution in [0, 0.1) is 11.3 Å². The van der Waals surface area contributed by atoms with Crippen LogP contribution in [0.4, 0.5) is 5.95 Å². The summed E-state index contributed by atoms with van der Waals surface area (Å²) >= 11 is 0. The second-order valence-corrected chi connectivity index (χ2v) is 9.61. The zero-order valence-electron chi connectivity index (χ0n) is 22.4. The zero-order valence-corrected chi connectivity index (χ0v) is 22.4. The van der Waals surface area contributed by atoms with Crippen molar-refractivity contribution < 1.29 is 14.6 Å². The molecule has 1 aromatic carbocycles. The lowest BCUT2D eigenvalue weighted by molar-refractivity contribution is -0.138. The molecule has 11 heteroatoms. The number of rotatable bonds is 12. The first-order valence-electron chi connectivity index (χ1n) is 12.3. The van der Waals surface area contributed by atoms with Gasteiger partial charge in [0.25, 0.3) is 0 Å². The number of aromatic nitrogens is 3. The van der Waals surface area contributed by atoms with Crippen LogP contribution in [0.2, 0.25) is 0 Å². The zero-order chi connectivity index (χ0) is 28.4. The Hall–Kier alpha value is -4.69. The molecule has 2 aromatic heterocycles. The number of methoxy groups -OCH3 is 1. The molecule has 1 atom stereocenters. The third kappa shape index (κ3) is 8.15. The summed E-state index contributed by atoms with van der Waals surface area (Å²) in [5.41, 5.74) is 3.29. The highest BCUT2D eigenvalue weighted by Crippen LogP contribution is 2.25. The maximum atomic E-state index is 11.2. The standard InChI is InChI=1S/C28H32N8O3/c1-18(17-39-4)32-27-34-22(20-8-5-7-19(11-20)14-29)12-23(35-27)24(36-30)16-31-15-21-9-6-10-25(33-21)28(2,3)13-26(37)38/h5-12,16,18H,13,15,17,30H2,1-4H3,(H,37,38)(H,32,34,35)/b31-16?,36-24+/t18-/m1/s1. The molecular formula is C28H32N8O3. The molecule has 2 heterocycles. The van der Waals surface area contributed by atoms with Gasteiger partial charge >= 0.3 is 5.97 Å². The molecule has 0 radical (unpaired) electrons.